The summed E-state index contributed by atoms with van der Waals surface area (Å²) in [6, 6.07) is -0.576. The van der Waals surface area contributed by atoms with Gasteiger partial charge in [-0.25, -0.2) is 16.5 Å². The highest BCUT2D eigenvalue weighted by atomic mass is 16.2. The van der Waals surface area contributed by atoms with Gasteiger partial charge in [0.25, 0.3) is 6.54 Å². The van der Waals surface area contributed by atoms with E-state index in [0.717, 1.165) is 6.92 Å². The fourth-order valence-corrected chi connectivity index (χ4v) is 2.21. The second-order valence-corrected chi connectivity index (χ2v) is 4.92. The quantitative estimate of drug-likeness (QED) is 0.871. The number of likely N-dealkylation sites (tertiary alicyclic amines) is 1. The summed E-state index contributed by atoms with van der Waals surface area (Å²) in [5.41, 5.74) is 0.0857. The first-order valence-electron chi connectivity index (χ1n) is 11.8. The van der Waals surface area contributed by atoms with Gasteiger partial charge in [0, 0.05) is 35.8 Å². The Balaban J connectivity index is 2.35. The average molecular weight is 322 g/mol. The van der Waals surface area contributed by atoms with Crippen LogP contribution in [0.25, 0.3) is 15.9 Å². The Hall–Kier alpha value is -2.62. The van der Waals surface area contributed by atoms with Crippen molar-refractivity contribution in [1.29, 1.82) is 0 Å². The van der Waals surface area contributed by atoms with Crippen molar-refractivity contribution in [2.24, 2.45) is 5.92 Å². The molecule has 0 bridgehead atoms. The molecule has 1 N–H and O–H groups in total. The molecule has 3 rings (SSSR count). The summed E-state index contributed by atoms with van der Waals surface area (Å²) in [6.07, 6.45) is -2.11. The molecule has 7 nitrogen and oxygen atoms in total. The van der Waals surface area contributed by atoms with E-state index in [2.05, 4.69) is 19.8 Å². The number of piperidine rings is 1. The minimum atomic E-state index is -3.20. The number of aromatic nitrogens is 3. The van der Waals surface area contributed by atoms with Gasteiger partial charge in [0.1, 0.15) is 19.1 Å². The van der Waals surface area contributed by atoms with E-state index in [1.165, 1.54) is 12.3 Å². The summed E-state index contributed by atoms with van der Waals surface area (Å²) in [5.74, 6) is -3.36. The maximum atomic E-state index is 12.6. The highest BCUT2D eigenvalue weighted by molar-refractivity contribution is 5.87. The Morgan fingerprint density at radius 1 is 1.74 bits per heavy atom. The van der Waals surface area contributed by atoms with E-state index in [9.17, 15) is 4.79 Å². The molecule has 2 aromatic rings. The number of fused-ring (bicyclic) bond motifs is 1. The van der Waals surface area contributed by atoms with E-state index >= 15 is 0 Å². The molecule has 1 aliphatic heterocycles. The molecule has 23 heavy (non-hydrogen) atoms. The number of hydrogen-bond acceptors (Lipinski definition) is 4. The van der Waals surface area contributed by atoms with Crippen LogP contribution >= 0.6 is 0 Å². The van der Waals surface area contributed by atoms with Crippen molar-refractivity contribution in [3.05, 3.63) is 30.0 Å². The lowest BCUT2D eigenvalue weighted by atomic mass is 9.92. The van der Waals surface area contributed by atoms with Crippen molar-refractivity contribution in [2.75, 3.05) is 31.4 Å². The van der Waals surface area contributed by atoms with Crippen LogP contribution in [0, 0.1) is 12.5 Å². The standard InChI is InChI=1S/C16H20N6O/c1-11-5-7-22(14(23)8-17-2)9-13(11)21(3)16-12-4-6-18-15(12)19-10-20-16/h4,6,10-11,13H,5,7-9H2,1,3H3,(H,18,19,20)/t11-,13+/m1/s1/i3D3,5D2,7D2,9D2,10D. The van der Waals surface area contributed by atoms with Crippen LogP contribution in [-0.4, -0.2) is 58.3 Å². The number of nitrogens with one attached hydrogen (secondary N) is 1. The van der Waals surface area contributed by atoms with Crippen molar-refractivity contribution in [3.63, 3.8) is 0 Å². The molecule has 0 spiro atoms. The third-order valence-electron chi connectivity index (χ3n) is 3.39. The van der Waals surface area contributed by atoms with E-state index in [4.69, 9.17) is 20.3 Å². The monoisotopic (exact) mass is 322 g/mol. The molecule has 2 atom stereocenters. The van der Waals surface area contributed by atoms with E-state index < -0.39 is 62.9 Å². The van der Waals surface area contributed by atoms with E-state index in [1.54, 1.807) is 0 Å². The number of carbonyl (C=O) groups is 1. The van der Waals surface area contributed by atoms with Gasteiger partial charge in [-0.2, -0.15) is 0 Å². The van der Waals surface area contributed by atoms with Gasteiger partial charge in [-0.3, -0.25) is 4.79 Å². The zero-order chi connectivity index (χ0) is 25.1. The Kier molecular flexibility index (Phi) is 1.98. The molecule has 0 radical (unpaired) electrons. The summed E-state index contributed by atoms with van der Waals surface area (Å²) < 4.78 is 82.8. The van der Waals surface area contributed by atoms with Gasteiger partial charge in [-0.15, -0.1) is 0 Å². The van der Waals surface area contributed by atoms with Gasteiger partial charge >= 0.3 is 5.91 Å². The lowest BCUT2D eigenvalue weighted by Crippen LogP contribution is -2.53. The van der Waals surface area contributed by atoms with Crippen molar-refractivity contribution in [1.82, 2.24) is 19.9 Å². The minimum Gasteiger partial charge on any atom is -0.354 e. The smallest absolute Gasteiger partial charge is 0.302 e. The maximum absolute atomic E-state index is 12.6. The predicted molar refractivity (Wildman–Crippen MR) is 87.9 cm³/mol. The zero-order valence-electron chi connectivity index (χ0n) is 22.2. The molecule has 0 aliphatic carbocycles. The Labute approximate surface area is 149 Å². The second kappa shape index (κ2) is 6.24. The van der Waals surface area contributed by atoms with Crippen LogP contribution in [0.4, 0.5) is 5.82 Å². The third-order valence-corrected chi connectivity index (χ3v) is 3.39. The first-order valence-corrected chi connectivity index (χ1v) is 6.77. The number of aromatic amines is 1. The van der Waals surface area contributed by atoms with Crippen LogP contribution < -0.4 is 4.90 Å². The SMILES string of the molecule is [2H]c1nc(N([C@@H]2[C@H](C)C([2H])([2H])C([2H])([2H])N(C(=O)C[N+]#[C-])C2([2H])[2H])C([2H])([2H])[2H])c2cc[nH]c2n1. The Morgan fingerprint density at radius 2 is 2.61 bits per heavy atom. The number of amides is 1. The molecular formula is C16H20N6O. The molecule has 2 aromatic heterocycles. The molecule has 0 aromatic carbocycles. The summed E-state index contributed by atoms with van der Waals surface area (Å²) in [5, 5.41) is 0.110. The predicted octanol–water partition coefficient (Wildman–Crippen LogP) is 1.55. The number of likely N-dealkylation sites (N-methyl/N-ethyl adjacent to an activating group) is 1. The highest BCUT2D eigenvalue weighted by Crippen LogP contribution is 2.28. The van der Waals surface area contributed by atoms with Crippen LogP contribution in [0.15, 0.2) is 18.6 Å². The molecule has 1 saturated heterocycles. The van der Waals surface area contributed by atoms with Crippen LogP contribution in [-0.2, 0) is 4.79 Å². The first kappa shape index (κ1) is 7.30. The number of hydrogen-bond donors (Lipinski definition) is 1. The van der Waals surface area contributed by atoms with E-state index in [0.29, 0.717) is 4.90 Å². The van der Waals surface area contributed by atoms with Gasteiger partial charge in [-0.1, -0.05) is 6.92 Å². The Bertz CT molecular complexity index is 1120. The number of anilines is 1. The van der Waals surface area contributed by atoms with E-state index in [-0.39, 0.29) is 15.9 Å². The normalized spacial score (nSPS) is 34.7. The van der Waals surface area contributed by atoms with E-state index in [1.807, 2.05) is 0 Å². The highest BCUT2D eigenvalue weighted by Gasteiger charge is 2.33. The zero-order valence-corrected chi connectivity index (χ0v) is 12.2. The molecular weight excluding hydrogens is 292 g/mol. The summed E-state index contributed by atoms with van der Waals surface area (Å²) >= 11 is 0. The van der Waals surface area contributed by atoms with Gasteiger partial charge < -0.3 is 19.6 Å². The van der Waals surface area contributed by atoms with Gasteiger partial charge in [0.05, 0.1) is 14.2 Å². The minimum absolute atomic E-state index is 0.0153. The van der Waals surface area contributed by atoms with Gasteiger partial charge in [0.2, 0.25) is 0 Å². The molecule has 1 amide bonds. The molecule has 0 unspecified atom stereocenters. The second-order valence-electron chi connectivity index (χ2n) is 4.92. The molecule has 120 valence electrons. The number of nitrogens with zero attached hydrogens (tertiary/aromatic N) is 5. The molecule has 1 aliphatic rings. The maximum Gasteiger partial charge on any atom is 0.302 e. The third kappa shape index (κ3) is 2.84. The topological polar surface area (TPSA) is 69.5 Å². The van der Waals surface area contributed by atoms with Crippen molar-refractivity contribution >= 4 is 22.8 Å². The van der Waals surface area contributed by atoms with Crippen LogP contribution in [0.1, 0.15) is 27.0 Å². The van der Waals surface area contributed by atoms with Gasteiger partial charge in [0.15, 0.2) is 0 Å². The summed E-state index contributed by atoms with van der Waals surface area (Å²) in [7, 11) is 0. The number of rotatable bonds is 3. The van der Waals surface area contributed by atoms with Crippen molar-refractivity contribution in [2.45, 2.75) is 19.3 Å². The van der Waals surface area contributed by atoms with Gasteiger partial charge in [-0.05, 0) is 18.4 Å². The fraction of sp³-hybridized carbons (Fsp3) is 0.500. The first-order chi connectivity index (χ1) is 15.0. The van der Waals surface area contributed by atoms with Crippen molar-refractivity contribution in [3.8, 4) is 0 Å². The van der Waals surface area contributed by atoms with Crippen LogP contribution in [0.5, 0.6) is 0 Å². The van der Waals surface area contributed by atoms with Crippen LogP contribution in [0.3, 0.4) is 0 Å². The number of carbonyl (C=O) groups excluding carboxylic acids is 1. The fourth-order valence-electron chi connectivity index (χ4n) is 2.21. The molecule has 1 fully saturated rings. The lowest BCUT2D eigenvalue weighted by molar-refractivity contribution is -0.130. The van der Waals surface area contributed by atoms with Crippen LogP contribution in [0.2, 0.25) is 0 Å². The Morgan fingerprint density at radius 3 is 3.39 bits per heavy atom. The number of H-pyrrole nitrogens is 1. The van der Waals surface area contributed by atoms with Crippen molar-refractivity contribution < 1.29 is 18.5 Å². The molecule has 7 heteroatoms. The lowest BCUT2D eigenvalue weighted by Gasteiger charge is -2.41. The largest absolute Gasteiger partial charge is 0.354 e. The summed E-state index contributed by atoms with van der Waals surface area (Å²) in [6.45, 7) is -2.35. The summed E-state index contributed by atoms with van der Waals surface area (Å²) in [4.78, 5) is 26.4. The molecule has 0 saturated carbocycles. The molecule has 3 heterocycles. The average Bonchev–Trinajstić information content (AvgIpc) is 3.10.